The minimum Gasteiger partial charge on any atom is -0.273 e. The number of rotatable bonds is 6. The highest BCUT2D eigenvalue weighted by atomic mass is 32.2. The van der Waals surface area contributed by atoms with Gasteiger partial charge in [0.2, 0.25) is 5.91 Å². The van der Waals surface area contributed by atoms with Crippen LogP contribution in [-0.4, -0.2) is 23.1 Å². The summed E-state index contributed by atoms with van der Waals surface area (Å²) in [5.41, 5.74) is 3.96. The van der Waals surface area contributed by atoms with E-state index in [0.29, 0.717) is 17.5 Å². The number of benzene rings is 4. The van der Waals surface area contributed by atoms with E-state index in [1.54, 1.807) is 24.3 Å². The summed E-state index contributed by atoms with van der Waals surface area (Å²) in [6.45, 7) is 6.18. The zero-order valence-corrected chi connectivity index (χ0v) is 22.4. The highest BCUT2D eigenvalue weighted by Gasteiger charge is 2.28. The van der Waals surface area contributed by atoms with E-state index in [0.717, 1.165) is 39.1 Å². The molecule has 4 aromatic carbocycles. The van der Waals surface area contributed by atoms with Crippen molar-refractivity contribution < 1.29 is 13.2 Å². The van der Waals surface area contributed by atoms with Crippen molar-refractivity contribution in [1.29, 1.82) is 0 Å². The molecule has 5 rings (SSSR count). The van der Waals surface area contributed by atoms with Crippen molar-refractivity contribution in [2.45, 2.75) is 43.4 Å². The fourth-order valence-corrected chi connectivity index (χ4v) is 6.00. The van der Waals surface area contributed by atoms with Crippen LogP contribution in [0.2, 0.25) is 0 Å². The van der Waals surface area contributed by atoms with Crippen LogP contribution in [0.5, 0.6) is 0 Å². The fraction of sp³-hybridized carbons (Fsp3) is 0.207. The van der Waals surface area contributed by atoms with Crippen LogP contribution in [0.4, 0.5) is 0 Å². The van der Waals surface area contributed by atoms with Gasteiger partial charge in [-0.3, -0.25) is 4.79 Å². The van der Waals surface area contributed by atoms with Gasteiger partial charge in [-0.1, -0.05) is 81.4 Å². The minimum absolute atomic E-state index is 0.0527. The standard InChI is InChI=1S/C29H27N3O3S2/c1-29(2,3)22-12-14-23(15-13-22)37(34,35)32-28(33)25(21-11-16-26-27(18-21)31-36-30-26)17-20-9-6-8-19-7-4-5-10-24(19)20/h4-16,18,25H,17H2,1-3H3,(H,32,33). The Labute approximate surface area is 220 Å². The molecule has 8 heteroatoms. The average molecular weight is 530 g/mol. The Kier molecular flexibility index (Phi) is 6.56. The zero-order chi connectivity index (χ0) is 26.2. The van der Waals surface area contributed by atoms with Crippen LogP contribution >= 0.6 is 11.7 Å². The number of fused-ring (bicyclic) bond motifs is 2. The topological polar surface area (TPSA) is 89.0 Å². The summed E-state index contributed by atoms with van der Waals surface area (Å²) in [4.78, 5) is 13.7. The largest absolute Gasteiger partial charge is 0.273 e. The lowest BCUT2D eigenvalue weighted by atomic mass is 9.87. The van der Waals surface area contributed by atoms with Gasteiger partial charge in [-0.25, -0.2) is 13.1 Å². The highest BCUT2D eigenvalue weighted by Crippen LogP contribution is 2.29. The number of amides is 1. The molecule has 0 spiro atoms. The Morgan fingerprint density at radius 1 is 0.892 bits per heavy atom. The normalized spacial score (nSPS) is 13.1. The molecule has 1 N–H and O–H groups in total. The Morgan fingerprint density at radius 3 is 2.35 bits per heavy atom. The van der Waals surface area contributed by atoms with E-state index >= 15 is 0 Å². The van der Waals surface area contributed by atoms with Crippen molar-refractivity contribution in [3.05, 3.63) is 102 Å². The van der Waals surface area contributed by atoms with Gasteiger partial charge in [0.05, 0.1) is 22.5 Å². The van der Waals surface area contributed by atoms with Crippen molar-refractivity contribution >= 4 is 49.5 Å². The molecule has 1 unspecified atom stereocenters. The number of carbonyl (C=O) groups is 1. The number of aromatic nitrogens is 2. The Hall–Kier alpha value is -3.62. The maximum absolute atomic E-state index is 13.6. The molecule has 5 aromatic rings. The van der Waals surface area contributed by atoms with Crippen LogP contribution in [0.1, 0.15) is 43.4 Å². The molecule has 1 aromatic heterocycles. The summed E-state index contributed by atoms with van der Waals surface area (Å²) in [5.74, 6) is -1.34. The zero-order valence-electron chi connectivity index (χ0n) is 20.8. The van der Waals surface area contributed by atoms with Gasteiger partial charge in [-0.05, 0) is 63.6 Å². The van der Waals surface area contributed by atoms with Gasteiger partial charge in [0, 0.05) is 0 Å². The van der Waals surface area contributed by atoms with Crippen LogP contribution in [0.3, 0.4) is 0 Å². The molecule has 0 bridgehead atoms. The van der Waals surface area contributed by atoms with E-state index < -0.39 is 21.8 Å². The third kappa shape index (κ3) is 5.26. The van der Waals surface area contributed by atoms with Gasteiger partial charge in [0.25, 0.3) is 10.0 Å². The molecule has 0 fully saturated rings. The molecule has 0 radical (unpaired) electrons. The summed E-state index contributed by atoms with van der Waals surface area (Å²) in [6, 6.07) is 26.0. The van der Waals surface area contributed by atoms with Crippen LogP contribution in [0.15, 0.2) is 89.8 Å². The molecule has 0 aliphatic carbocycles. The van der Waals surface area contributed by atoms with E-state index in [2.05, 4.69) is 34.2 Å². The number of sulfonamides is 1. The summed E-state index contributed by atoms with van der Waals surface area (Å²) in [7, 11) is -4.07. The monoisotopic (exact) mass is 529 g/mol. The third-order valence-corrected chi connectivity index (χ3v) is 8.49. The first-order valence-corrected chi connectivity index (χ1v) is 14.2. The van der Waals surface area contributed by atoms with Gasteiger partial charge in [0.15, 0.2) is 0 Å². The summed E-state index contributed by atoms with van der Waals surface area (Å²) in [6.07, 6.45) is 0.328. The van der Waals surface area contributed by atoms with E-state index in [1.165, 1.54) is 0 Å². The van der Waals surface area contributed by atoms with Gasteiger partial charge < -0.3 is 0 Å². The highest BCUT2D eigenvalue weighted by molar-refractivity contribution is 7.90. The first-order chi connectivity index (χ1) is 17.6. The molecule has 6 nitrogen and oxygen atoms in total. The first-order valence-electron chi connectivity index (χ1n) is 12.0. The van der Waals surface area contributed by atoms with Crippen LogP contribution in [-0.2, 0) is 26.7 Å². The Balaban J connectivity index is 1.51. The smallest absolute Gasteiger partial charge is 0.264 e. The molecule has 1 amide bonds. The lowest BCUT2D eigenvalue weighted by molar-refractivity contribution is -0.120. The molecule has 0 saturated carbocycles. The number of hydrogen-bond acceptors (Lipinski definition) is 6. The van der Waals surface area contributed by atoms with Crippen molar-refractivity contribution in [1.82, 2.24) is 13.5 Å². The fourth-order valence-electron chi connectivity index (χ4n) is 4.46. The lowest BCUT2D eigenvalue weighted by Crippen LogP contribution is -2.35. The molecule has 1 atom stereocenters. The van der Waals surface area contributed by atoms with Gasteiger partial charge >= 0.3 is 0 Å². The molecule has 37 heavy (non-hydrogen) atoms. The second-order valence-electron chi connectivity index (χ2n) is 10.2. The molecular formula is C29H27N3O3S2. The van der Waals surface area contributed by atoms with E-state index in [4.69, 9.17) is 0 Å². The van der Waals surface area contributed by atoms with Gasteiger partial charge in [-0.2, -0.15) is 8.75 Å². The van der Waals surface area contributed by atoms with E-state index in [9.17, 15) is 13.2 Å². The van der Waals surface area contributed by atoms with Crippen molar-refractivity contribution in [3.63, 3.8) is 0 Å². The first kappa shape index (κ1) is 25.0. The predicted molar refractivity (Wildman–Crippen MR) is 148 cm³/mol. The Bertz CT molecular complexity index is 1700. The molecule has 0 saturated heterocycles. The number of nitrogens with zero attached hydrogens (tertiary/aromatic N) is 2. The van der Waals surface area contributed by atoms with E-state index in [1.807, 2.05) is 60.7 Å². The second-order valence-corrected chi connectivity index (χ2v) is 12.4. The van der Waals surface area contributed by atoms with Crippen LogP contribution < -0.4 is 4.72 Å². The SMILES string of the molecule is CC(C)(C)c1ccc(S(=O)(=O)NC(=O)C(Cc2cccc3ccccc23)c2ccc3nsnc3c2)cc1. The van der Waals surface area contributed by atoms with Crippen molar-refractivity contribution in [2.75, 3.05) is 0 Å². The quantitative estimate of drug-likeness (QED) is 0.293. The maximum Gasteiger partial charge on any atom is 0.264 e. The van der Waals surface area contributed by atoms with Crippen molar-refractivity contribution in [2.24, 2.45) is 0 Å². The van der Waals surface area contributed by atoms with Crippen LogP contribution in [0.25, 0.3) is 21.8 Å². The minimum atomic E-state index is -4.07. The number of carbonyl (C=O) groups excluding carboxylic acids is 1. The lowest BCUT2D eigenvalue weighted by Gasteiger charge is -2.20. The van der Waals surface area contributed by atoms with Crippen LogP contribution in [0, 0.1) is 0 Å². The number of hydrogen-bond donors (Lipinski definition) is 1. The van der Waals surface area contributed by atoms with Gasteiger partial charge in [-0.15, -0.1) is 0 Å². The third-order valence-electron chi connectivity index (χ3n) is 6.57. The molecule has 188 valence electrons. The predicted octanol–water partition coefficient (Wildman–Crippen LogP) is 5.97. The average Bonchev–Trinajstić information content (AvgIpc) is 3.34. The molecule has 0 aliphatic rings. The maximum atomic E-state index is 13.6. The van der Waals surface area contributed by atoms with E-state index in [-0.39, 0.29) is 10.3 Å². The molecule has 0 aliphatic heterocycles. The summed E-state index contributed by atoms with van der Waals surface area (Å²) < 4.78 is 37.3. The molecule has 1 heterocycles. The van der Waals surface area contributed by atoms with Gasteiger partial charge in [0.1, 0.15) is 11.0 Å². The summed E-state index contributed by atoms with van der Waals surface area (Å²) in [5, 5.41) is 2.09. The number of nitrogens with one attached hydrogen (secondary N) is 1. The summed E-state index contributed by atoms with van der Waals surface area (Å²) >= 11 is 1.10. The molecular weight excluding hydrogens is 502 g/mol. The second kappa shape index (κ2) is 9.68. The Morgan fingerprint density at radius 2 is 1.59 bits per heavy atom. The van der Waals surface area contributed by atoms with Crippen molar-refractivity contribution in [3.8, 4) is 0 Å².